The number of hydrogen-bond donors (Lipinski definition) is 0. The van der Waals surface area contributed by atoms with Crippen LogP contribution in [0.4, 0.5) is 0 Å². The molecule has 4 nitrogen and oxygen atoms in total. The van der Waals surface area contributed by atoms with Gasteiger partial charge in [-0.05, 0) is 45.2 Å². The van der Waals surface area contributed by atoms with Crippen molar-refractivity contribution in [2.24, 2.45) is 7.05 Å². The minimum Gasteiger partial charge on any atom is -0.333 e. The molecule has 1 aliphatic heterocycles. The van der Waals surface area contributed by atoms with Crippen molar-refractivity contribution in [3.8, 4) is 0 Å². The fraction of sp³-hybridized carbons (Fsp3) is 0.571. The number of carbonyl (C=O) groups excluding carboxylic acids is 1. The van der Waals surface area contributed by atoms with E-state index in [1.165, 1.54) is 4.57 Å². The van der Waals surface area contributed by atoms with E-state index in [9.17, 15) is 9.59 Å². The summed E-state index contributed by atoms with van der Waals surface area (Å²) in [7, 11) is 1.67. The van der Waals surface area contributed by atoms with E-state index >= 15 is 0 Å². The summed E-state index contributed by atoms with van der Waals surface area (Å²) in [5.74, 6) is -0.129. The van der Waals surface area contributed by atoms with Crippen molar-refractivity contribution < 1.29 is 4.79 Å². The van der Waals surface area contributed by atoms with Gasteiger partial charge in [0.25, 0.3) is 11.5 Å². The van der Waals surface area contributed by atoms with Crippen molar-refractivity contribution in [2.75, 3.05) is 0 Å². The number of nitrogens with zero attached hydrogens (tertiary/aromatic N) is 2. The van der Waals surface area contributed by atoms with Gasteiger partial charge in [0.15, 0.2) is 0 Å². The van der Waals surface area contributed by atoms with Gasteiger partial charge < -0.3 is 9.47 Å². The molecule has 2 heterocycles. The quantitative estimate of drug-likeness (QED) is 0.760. The van der Waals surface area contributed by atoms with Crippen molar-refractivity contribution in [1.29, 1.82) is 0 Å². The largest absolute Gasteiger partial charge is 0.333 e. The predicted molar refractivity (Wildman–Crippen MR) is 70.6 cm³/mol. The second-order valence-corrected chi connectivity index (χ2v) is 5.18. The molecule has 0 spiro atoms. The molecule has 1 saturated heterocycles. The Labute approximate surface area is 107 Å². The lowest BCUT2D eigenvalue weighted by atomic mass is 9.96. The lowest BCUT2D eigenvalue weighted by Crippen LogP contribution is -2.49. The van der Waals surface area contributed by atoms with Gasteiger partial charge in [0.1, 0.15) is 5.56 Å². The molecule has 0 bridgehead atoms. The Morgan fingerprint density at radius 3 is 2.50 bits per heavy atom. The fourth-order valence-corrected chi connectivity index (χ4v) is 2.72. The van der Waals surface area contributed by atoms with Gasteiger partial charge in [-0.3, -0.25) is 9.59 Å². The van der Waals surface area contributed by atoms with Crippen molar-refractivity contribution in [2.45, 2.75) is 45.2 Å². The third-order valence-electron chi connectivity index (χ3n) is 3.78. The summed E-state index contributed by atoms with van der Waals surface area (Å²) in [6.45, 7) is 4.11. The summed E-state index contributed by atoms with van der Waals surface area (Å²) in [6, 6.07) is 3.80. The average Bonchev–Trinajstić information content (AvgIpc) is 2.32. The molecule has 98 valence electrons. The first-order chi connectivity index (χ1) is 8.52. The standard InChI is InChI=1S/C14H20N2O2/c1-10-6-4-7-11(2)16(10)14(18)12-8-5-9-15(3)13(12)17/h5,8-11H,4,6-7H2,1-3H3. The summed E-state index contributed by atoms with van der Waals surface area (Å²) in [5, 5.41) is 0. The molecule has 2 unspecified atom stereocenters. The van der Waals surface area contributed by atoms with Crippen LogP contribution < -0.4 is 5.56 Å². The van der Waals surface area contributed by atoms with Gasteiger partial charge >= 0.3 is 0 Å². The number of amides is 1. The third-order valence-corrected chi connectivity index (χ3v) is 3.78. The lowest BCUT2D eigenvalue weighted by Gasteiger charge is -2.39. The van der Waals surface area contributed by atoms with Crippen LogP contribution >= 0.6 is 0 Å². The van der Waals surface area contributed by atoms with Gasteiger partial charge in [0.2, 0.25) is 0 Å². The molecule has 0 aliphatic carbocycles. The van der Waals surface area contributed by atoms with E-state index in [1.807, 2.05) is 4.90 Å². The zero-order valence-corrected chi connectivity index (χ0v) is 11.2. The summed E-state index contributed by atoms with van der Waals surface area (Å²) in [5.41, 5.74) is 0.0630. The van der Waals surface area contributed by atoms with E-state index < -0.39 is 0 Å². The Hall–Kier alpha value is -1.58. The Morgan fingerprint density at radius 2 is 1.89 bits per heavy atom. The normalized spacial score (nSPS) is 24.1. The van der Waals surface area contributed by atoms with Crippen LogP contribution in [-0.4, -0.2) is 27.5 Å². The second-order valence-electron chi connectivity index (χ2n) is 5.18. The summed E-state index contributed by atoms with van der Waals surface area (Å²) in [6.07, 6.45) is 4.85. The average molecular weight is 248 g/mol. The van der Waals surface area contributed by atoms with Crippen molar-refractivity contribution in [3.05, 3.63) is 34.2 Å². The molecule has 0 N–H and O–H groups in total. The maximum absolute atomic E-state index is 12.5. The van der Waals surface area contributed by atoms with Gasteiger partial charge in [0.05, 0.1) is 0 Å². The summed E-state index contributed by atoms with van der Waals surface area (Å²) >= 11 is 0. The maximum Gasteiger partial charge on any atom is 0.263 e. The Bertz CT molecular complexity index is 497. The van der Waals surface area contributed by atoms with E-state index in [0.29, 0.717) is 0 Å². The highest BCUT2D eigenvalue weighted by Crippen LogP contribution is 2.23. The number of rotatable bonds is 1. The van der Waals surface area contributed by atoms with Crippen LogP contribution in [0.3, 0.4) is 0 Å². The molecule has 2 rings (SSSR count). The molecule has 1 amide bonds. The van der Waals surface area contributed by atoms with Crippen LogP contribution in [0.15, 0.2) is 23.1 Å². The molecule has 0 aromatic carbocycles. The topological polar surface area (TPSA) is 42.3 Å². The second kappa shape index (κ2) is 4.96. The summed E-state index contributed by atoms with van der Waals surface area (Å²) in [4.78, 5) is 26.3. The molecule has 2 atom stereocenters. The monoisotopic (exact) mass is 248 g/mol. The van der Waals surface area contributed by atoms with Crippen LogP contribution in [0.2, 0.25) is 0 Å². The zero-order valence-electron chi connectivity index (χ0n) is 11.2. The van der Waals surface area contributed by atoms with Gasteiger partial charge in [-0.1, -0.05) is 0 Å². The van der Waals surface area contributed by atoms with E-state index in [1.54, 1.807) is 25.4 Å². The van der Waals surface area contributed by atoms with Crippen LogP contribution in [0.25, 0.3) is 0 Å². The zero-order chi connectivity index (χ0) is 13.3. The molecular formula is C14H20N2O2. The highest BCUT2D eigenvalue weighted by Gasteiger charge is 2.30. The molecular weight excluding hydrogens is 228 g/mol. The minimum absolute atomic E-state index is 0.129. The highest BCUT2D eigenvalue weighted by atomic mass is 16.2. The number of carbonyl (C=O) groups is 1. The smallest absolute Gasteiger partial charge is 0.263 e. The van der Waals surface area contributed by atoms with Crippen LogP contribution in [0, 0.1) is 0 Å². The number of aromatic nitrogens is 1. The van der Waals surface area contributed by atoms with Gasteiger partial charge in [-0.15, -0.1) is 0 Å². The molecule has 1 aromatic heterocycles. The first-order valence-electron chi connectivity index (χ1n) is 6.50. The molecule has 1 aromatic rings. The first kappa shape index (κ1) is 12.9. The van der Waals surface area contributed by atoms with Crippen molar-refractivity contribution in [3.63, 3.8) is 0 Å². The molecule has 18 heavy (non-hydrogen) atoms. The van der Waals surface area contributed by atoms with Gasteiger partial charge in [-0.2, -0.15) is 0 Å². The minimum atomic E-state index is -0.215. The Balaban J connectivity index is 2.36. The van der Waals surface area contributed by atoms with E-state index in [0.717, 1.165) is 19.3 Å². The van der Waals surface area contributed by atoms with E-state index in [-0.39, 0.29) is 29.1 Å². The van der Waals surface area contributed by atoms with Crippen molar-refractivity contribution >= 4 is 5.91 Å². The Kier molecular flexibility index (Phi) is 3.55. The Morgan fingerprint density at radius 1 is 1.28 bits per heavy atom. The number of aryl methyl sites for hydroxylation is 1. The van der Waals surface area contributed by atoms with Crippen LogP contribution in [0.5, 0.6) is 0 Å². The van der Waals surface area contributed by atoms with E-state index in [4.69, 9.17) is 0 Å². The number of likely N-dealkylation sites (tertiary alicyclic amines) is 1. The molecule has 1 aliphatic rings. The lowest BCUT2D eigenvalue weighted by molar-refractivity contribution is 0.0508. The predicted octanol–water partition coefficient (Wildman–Crippen LogP) is 1.79. The van der Waals surface area contributed by atoms with Gasteiger partial charge in [0, 0.05) is 25.3 Å². The fourth-order valence-electron chi connectivity index (χ4n) is 2.72. The van der Waals surface area contributed by atoms with Crippen LogP contribution in [0.1, 0.15) is 43.5 Å². The number of piperidine rings is 1. The van der Waals surface area contributed by atoms with Crippen molar-refractivity contribution in [1.82, 2.24) is 9.47 Å². The SMILES string of the molecule is CC1CCCC(C)N1C(=O)c1cccn(C)c1=O. The first-order valence-corrected chi connectivity index (χ1v) is 6.50. The van der Waals surface area contributed by atoms with E-state index in [2.05, 4.69) is 13.8 Å². The molecule has 0 saturated carbocycles. The molecule has 1 fully saturated rings. The molecule has 4 heteroatoms. The summed E-state index contributed by atoms with van der Waals surface area (Å²) < 4.78 is 1.45. The number of hydrogen-bond acceptors (Lipinski definition) is 2. The molecule has 0 radical (unpaired) electrons. The third kappa shape index (κ3) is 2.19. The highest BCUT2D eigenvalue weighted by molar-refractivity contribution is 5.94. The van der Waals surface area contributed by atoms with Gasteiger partial charge in [-0.25, -0.2) is 0 Å². The van der Waals surface area contributed by atoms with Crippen LogP contribution in [-0.2, 0) is 7.05 Å². The number of pyridine rings is 1. The maximum atomic E-state index is 12.5.